The van der Waals surface area contributed by atoms with E-state index in [0.717, 1.165) is 37.7 Å². The lowest BCUT2D eigenvalue weighted by molar-refractivity contribution is -0.156. The topological polar surface area (TPSA) is 110 Å². The van der Waals surface area contributed by atoms with Gasteiger partial charge in [0.1, 0.15) is 6.04 Å². The minimum absolute atomic E-state index is 0.0274. The fraction of sp³-hybridized carbons (Fsp3) is 0.640. The van der Waals surface area contributed by atoms with Crippen LogP contribution in [-0.2, 0) is 24.2 Å². The number of nitrogens with one attached hydrogen (secondary N) is 1. The van der Waals surface area contributed by atoms with Crippen molar-refractivity contribution < 1.29 is 27.5 Å². The molecule has 1 saturated carbocycles. The molecule has 0 bridgehead atoms. The Morgan fingerprint density at radius 3 is 2.24 bits per heavy atom. The maximum atomic E-state index is 13.2. The summed E-state index contributed by atoms with van der Waals surface area (Å²) in [5, 5.41) is 2.72. The highest BCUT2D eigenvalue weighted by Crippen LogP contribution is 2.28. The highest BCUT2D eigenvalue weighted by molar-refractivity contribution is 7.91. The van der Waals surface area contributed by atoms with Crippen LogP contribution in [0.4, 0.5) is 0 Å². The molecule has 2 fully saturated rings. The SMILES string of the molecule is Cc1ccc(C(=O)NC(C(=O)OCC(=O)N(C2CCCCC2)C2CCS(=O)(=O)C2)C(C)C)cc1. The molecule has 0 radical (unpaired) electrons. The first-order valence-electron chi connectivity index (χ1n) is 12.1. The molecule has 2 amide bonds. The third-order valence-corrected chi connectivity index (χ3v) is 8.47. The van der Waals surface area contributed by atoms with Gasteiger partial charge in [0.05, 0.1) is 11.5 Å². The summed E-state index contributed by atoms with van der Waals surface area (Å²) in [4.78, 5) is 40.3. The molecule has 1 N–H and O–H groups in total. The third-order valence-electron chi connectivity index (χ3n) is 6.72. The molecule has 1 saturated heterocycles. The second-order valence-electron chi connectivity index (χ2n) is 9.82. The van der Waals surface area contributed by atoms with Crippen molar-refractivity contribution in [1.82, 2.24) is 10.2 Å². The number of esters is 1. The maximum Gasteiger partial charge on any atom is 0.329 e. The Morgan fingerprint density at radius 1 is 1.03 bits per heavy atom. The van der Waals surface area contributed by atoms with Gasteiger partial charge in [0.25, 0.3) is 11.8 Å². The zero-order valence-electron chi connectivity index (χ0n) is 20.3. The van der Waals surface area contributed by atoms with E-state index < -0.39 is 28.5 Å². The van der Waals surface area contributed by atoms with Gasteiger partial charge in [-0.05, 0) is 44.2 Å². The zero-order valence-corrected chi connectivity index (χ0v) is 21.1. The van der Waals surface area contributed by atoms with Crippen LogP contribution >= 0.6 is 0 Å². The summed E-state index contributed by atoms with van der Waals surface area (Å²) >= 11 is 0. The van der Waals surface area contributed by atoms with Gasteiger partial charge < -0.3 is 15.0 Å². The number of ether oxygens (including phenoxy) is 1. The fourth-order valence-corrected chi connectivity index (χ4v) is 6.50. The first-order chi connectivity index (χ1) is 16.1. The molecular formula is C25H36N2O6S. The summed E-state index contributed by atoms with van der Waals surface area (Å²) in [6, 6.07) is 5.71. The Labute approximate surface area is 202 Å². The lowest BCUT2D eigenvalue weighted by Gasteiger charge is -2.38. The molecular weight excluding hydrogens is 456 g/mol. The van der Waals surface area contributed by atoms with Gasteiger partial charge in [0.15, 0.2) is 16.4 Å². The number of benzene rings is 1. The Kier molecular flexibility index (Phi) is 8.73. The van der Waals surface area contributed by atoms with Crippen molar-refractivity contribution in [2.45, 2.75) is 77.4 Å². The summed E-state index contributed by atoms with van der Waals surface area (Å²) in [6.45, 7) is 5.04. The van der Waals surface area contributed by atoms with Gasteiger partial charge in [-0.1, -0.05) is 50.8 Å². The van der Waals surface area contributed by atoms with E-state index in [1.54, 1.807) is 30.9 Å². The van der Waals surface area contributed by atoms with Crippen molar-refractivity contribution in [2.75, 3.05) is 18.1 Å². The predicted molar refractivity (Wildman–Crippen MR) is 129 cm³/mol. The van der Waals surface area contributed by atoms with Crippen LogP contribution in [0.3, 0.4) is 0 Å². The largest absolute Gasteiger partial charge is 0.454 e. The van der Waals surface area contributed by atoms with Gasteiger partial charge in [-0.2, -0.15) is 0 Å². The van der Waals surface area contributed by atoms with Crippen molar-refractivity contribution >= 4 is 27.6 Å². The second kappa shape index (κ2) is 11.3. The van der Waals surface area contributed by atoms with Crippen LogP contribution in [0.5, 0.6) is 0 Å². The molecule has 34 heavy (non-hydrogen) atoms. The molecule has 2 aliphatic rings. The van der Waals surface area contributed by atoms with Gasteiger partial charge >= 0.3 is 5.97 Å². The van der Waals surface area contributed by atoms with E-state index in [-0.39, 0.29) is 41.3 Å². The monoisotopic (exact) mass is 492 g/mol. The van der Waals surface area contributed by atoms with E-state index in [9.17, 15) is 22.8 Å². The number of rotatable bonds is 8. The van der Waals surface area contributed by atoms with Crippen molar-refractivity contribution in [2.24, 2.45) is 5.92 Å². The van der Waals surface area contributed by atoms with E-state index in [1.165, 1.54) is 0 Å². The van der Waals surface area contributed by atoms with Crippen LogP contribution in [0.15, 0.2) is 24.3 Å². The van der Waals surface area contributed by atoms with Crippen LogP contribution < -0.4 is 5.32 Å². The lowest BCUT2D eigenvalue weighted by atomic mass is 9.93. The number of nitrogens with zero attached hydrogens (tertiary/aromatic N) is 1. The first-order valence-corrected chi connectivity index (χ1v) is 14.0. The number of sulfone groups is 1. The van der Waals surface area contributed by atoms with Gasteiger partial charge in [-0.25, -0.2) is 13.2 Å². The Morgan fingerprint density at radius 2 is 1.68 bits per heavy atom. The molecule has 3 rings (SSSR count). The molecule has 188 valence electrons. The van der Waals surface area contributed by atoms with E-state index in [1.807, 2.05) is 19.1 Å². The van der Waals surface area contributed by atoms with Crippen LogP contribution in [0.2, 0.25) is 0 Å². The average molecular weight is 493 g/mol. The molecule has 8 nitrogen and oxygen atoms in total. The normalized spacial score (nSPS) is 21.1. The minimum atomic E-state index is -3.16. The lowest BCUT2D eigenvalue weighted by Crippen LogP contribution is -2.51. The highest BCUT2D eigenvalue weighted by Gasteiger charge is 2.39. The Hall–Kier alpha value is -2.42. The molecule has 1 aromatic rings. The molecule has 2 atom stereocenters. The zero-order chi connectivity index (χ0) is 24.9. The number of carbonyl (C=O) groups excluding carboxylic acids is 3. The summed E-state index contributed by atoms with van der Waals surface area (Å²) in [5.74, 6) is -1.63. The molecule has 2 unspecified atom stereocenters. The summed E-state index contributed by atoms with van der Waals surface area (Å²) < 4.78 is 29.5. The smallest absolute Gasteiger partial charge is 0.329 e. The molecule has 1 aliphatic heterocycles. The van der Waals surface area contributed by atoms with Gasteiger partial charge in [-0.15, -0.1) is 0 Å². The highest BCUT2D eigenvalue weighted by atomic mass is 32.2. The van der Waals surface area contributed by atoms with E-state index in [4.69, 9.17) is 4.74 Å². The van der Waals surface area contributed by atoms with E-state index in [2.05, 4.69) is 5.32 Å². The number of aryl methyl sites for hydroxylation is 1. The third kappa shape index (κ3) is 6.81. The molecule has 1 heterocycles. The van der Waals surface area contributed by atoms with Crippen LogP contribution in [0.25, 0.3) is 0 Å². The minimum Gasteiger partial charge on any atom is -0.454 e. The summed E-state index contributed by atoms with van der Waals surface area (Å²) in [6.07, 6.45) is 5.17. The van der Waals surface area contributed by atoms with E-state index in [0.29, 0.717) is 12.0 Å². The van der Waals surface area contributed by atoms with Crippen molar-refractivity contribution in [3.63, 3.8) is 0 Å². The number of carbonyl (C=O) groups is 3. The predicted octanol–water partition coefficient (Wildman–Crippen LogP) is 2.64. The fourth-order valence-electron chi connectivity index (χ4n) is 4.78. The number of hydrogen-bond acceptors (Lipinski definition) is 6. The molecule has 9 heteroatoms. The number of hydrogen-bond donors (Lipinski definition) is 1. The molecule has 0 aromatic heterocycles. The Bertz CT molecular complexity index is 983. The standard InChI is InChI=1S/C25H36N2O6S/c1-17(2)23(26-24(29)19-11-9-18(3)10-12-19)25(30)33-15-22(28)27(20-7-5-4-6-8-20)21-13-14-34(31,32)16-21/h9-12,17,20-21,23H,4-8,13-16H2,1-3H3,(H,26,29). The van der Waals surface area contributed by atoms with Crippen LogP contribution in [-0.4, -0.2) is 67.3 Å². The molecule has 0 spiro atoms. The van der Waals surface area contributed by atoms with Crippen molar-refractivity contribution in [1.29, 1.82) is 0 Å². The summed E-state index contributed by atoms with van der Waals surface area (Å²) in [5.41, 5.74) is 1.46. The summed E-state index contributed by atoms with van der Waals surface area (Å²) in [7, 11) is -3.16. The maximum absolute atomic E-state index is 13.2. The van der Waals surface area contributed by atoms with Gasteiger partial charge in [0.2, 0.25) is 0 Å². The van der Waals surface area contributed by atoms with Crippen molar-refractivity contribution in [3.05, 3.63) is 35.4 Å². The van der Waals surface area contributed by atoms with E-state index >= 15 is 0 Å². The quantitative estimate of drug-likeness (QED) is 0.559. The average Bonchev–Trinajstić information content (AvgIpc) is 3.15. The Balaban J connectivity index is 1.64. The van der Waals surface area contributed by atoms with Crippen molar-refractivity contribution in [3.8, 4) is 0 Å². The van der Waals surface area contributed by atoms with Crippen LogP contribution in [0, 0.1) is 12.8 Å². The van der Waals surface area contributed by atoms with Crippen LogP contribution in [0.1, 0.15) is 68.3 Å². The second-order valence-corrected chi connectivity index (χ2v) is 12.0. The molecule has 1 aliphatic carbocycles. The van der Waals surface area contributed by atoms with Gasteiger partial charge in [0, 0.05) is 17.6 Å². The molecule has 1 aromatic carbocycles. The number of amides is 2. The first kappa shape index (κ1) is 26.2. The van der Waals surface area contributed by atoms with Gasteiger partial charge in [-0.3, -0.25) is 9.59 Å².